The molecule has 0 unspecified atom stereocenters. The minimum absolute atomic E-state index is 0.127. The number of rotatable bonds is 3. The summed E-state index contributed by atoms with van der Waals surface area (Å²) in [6.45, 7) is 1.87. The van der Waals surface area contributed by atoms with Gasteiger partial charge in [-0.1, -0.05) is 0 Å². The SMILES string of the molecule is Cc1ccc(Oc2ccc(C(=O)O)cc2N)cn1. The highest BCUT2D eigenvalue weighted by atomic mass is 16.5. The van der Waals surface area contributed by atoms with Crippen molar-refractivity contribution in [3.63, 3.8) is 0 Å². The molecule has 5 nitrogen and oxygen atoms in total. The molecule has 1 heterocycles. The number of carboxylic acids is 1. The molecular formula is C13H12N2O3. The normalized spacial score (nSPS) is 10.1. The van der Waals surface area contributed by atoms with Crippen LogP contribution < -0.4 is 10.5 Å². The van der Waals surface area contributed by atoms with Gasteiger partial charge in [-0.3, -0.25) is 4.98 Å². The maximum Gasteiger partial charge on any atom is 0.335 e. The molecule has 0 saturated heterocycles. The van der Waals surface area contributed by atoms with Crippen LogP contribution in [0.2, 0.25) is 0 Å². The number of carboxylic acid groups (broad SMARTS) is 1. The summed E-state index contributed by atoms with van der Waals surface area (Å²) in [7, 11) is 0. The fraction of sp³-hybridized carbons (Fsp3) is 0.0769. The molecule has 0 aliphatic rings. The van der Waals surface area contributed by atoms with Gasteiger partial charge < -0.3 is 15.6 Å². The van der Waals surface area contributed by atoms with Gasteiger partial charge in [0.25, 0.3) is 0 Å². The van der Waals surface area contributed by atoms with Crippen molar-refractivity contribution in [3.05, 3.63) is 47.8 Å². The van der Waals surface area contributed by atoms with E-state index in [0.29, 0.717) is 11.5 Å². The van der Waals surface area contributed by atoms with Gasteiger partial charge in [-0.2, -0.15) is 0 Å². The molecule has 92 valence electrons. The monoisotopic (exact) mass is 244 g/mol. The maximum absolute atomic E-state index is 10.8. The largest absolute Gasteiger partial charge is 0.478 e. The molecule has 0 bridgehead atoms. The van der Waals surface area contributed by atoms with Crippen molar-refractivity contribution in [1.29, 1.82) is 0 Å². The fourth-order valence-corrected chi connectivity index (χ4v) is 1.42. The van der Waals surface area contributed by atoms with E-state index in [2.05, 4.69) is 4.98 Å². The first-order valence-electron chi connectivity index (χ1n) is 5.29. The van der Waals surface area contributed by atoms with Crippen molar-refractivity contribution in [2.24, 2.45) is 0 Å². The Bertz CT molecular complexity index is 579. The Morgan fingerprint density at radius 2 is 2.11 bits per heavy atom. The molecule has 0 amide bonds. The van der Waals surface area contributed by atoms with Crippen LogP contribution >= 0.6 is 0 Å². The van der Waals surface area contributed by atoms with Crippen LogP contribution in [0.4, 0.5) is 5.69 Å². The lowest BCUT2D eigenvalue weighted by molar-refractivity contribution is 0.0697. The molecule has 0 aliphatic carbocycles. The molecule has 0 fully saturated rings. The Hall–Kier alpha value is -2.56. The lowest BCUT2D eigenvalue weighted by Crippen LogP contribution is -1.99. The van der Waals surface area contributed by atoms with Crippen LogP contribution in [0.1, 0.15) is 16.1 Å². The zero-order valence-electron chi connectivity index (χ0n) is 9.75. The number of hydrogen-bond acceptors (Lipinski definition) is 4. The summed E-state index contributed by atoms with van der Waals surface area (Å²) in [5.74, 6) is -0.0636. The molecule has 5 heteroatoms. The second-order valence-corrected chi connectivity index (χ2v) is 3.80. The topological polar surface area (TPSA) is 85.4 Å². The number of pyridine rings is 1. The third kappa shape index (κ3) is 2.57. The molecule has 18 heavy (non-hydrogen) atoms. The predicted octanol–water partition coefficient (Wildman–Crippen LogP) is 2.46. The molecule has 1 aromatic carbocycles. The molecule has 0 spiro atoms. The predicted molar refractivity (Wildman–Crippen MR) is 66.9 cm³/mol. The standard InChI is InChI=1S/C13H12N2O3/c1-8-2-4-10(7-15-8)18-12-5-3-9(13(16)17)6-11(12)14/h2-7H,14H2,1H3,(H,16,17). The van der Waals surface area contributed by atoms with E-state index in [1.165, 1.54) is 18.2 Å². The number of anilines is 1. The van der Waals surface area contributed by atoms with Gasteiger partial charge in [-0.25, -0.2) is 4.79 Å². The van der Waals surface area contributed by atoms with Crippen LogP contribution in [0, 0.1) is 6.92 Å². The minimum Gasteiger partial charge on any atom is -0.478 e. The van der Waals surface area contributed by atoms with Crippen molar-refractivity contribution in [3.8, 4) is 11.5 Å². The summed E-state index contributed by atoms with van der Waals surface area (Å²) in [6, 6.07) is 7.91. The van der Waals surface area contributed by atoms with Crippen molar-refractivity contribution < 1.29 is 14.6 Å². The third-order valence-electron chi connectivity index (χ3n) is 2.37. The van der Waals surface area contributed by atoms with Gasteiger partial charge in [0.2, 0.25) is 0 Å². The van der Waals surface area contributed by atoms with E-state index in [1.54, 1.807) is 12.3 Å². The van der Waals surface area contributed by atoms with Gasteiger partial charge >= 0.3 is 5.97 Å². The van der Waals surface area contributed by atoms with Gasteiger partial charge in [-0.05, 0) is 37.3 Å². The summed E-state index contributed by atoms with van der Waals surface area (Å²) in [5, 5.41) is 8.81. The molecule has 3 N–H and O–H groups in total. The van der Waals surface area contributed by atoms with E-state index in [1.807, 2.05) is 13.0 Å². The van der Waals surface area contributed by atoms with Crippen LogP contribution in [0.15, 0.2) is 36.5 Å². The summed E-state index contributed by atoms with van der Waals surface area (Å²) in [4.78, 5) is 14.8. The number of nitrogens with two attached hydrogens (primary N) is 1. The Labute approximate surface area is 104 Å². The van der Waals surface area contributed by atoms with Gasteiger partial charge in [0.05, 0.1) is 17.4 Å². The number of ether oxygens (including phenoxy) is 1. The second kappa shape index (κ2) is 4.75. The molecule has 0 saturated carbocycles. The zero-order chi connectivity index (χ0) is 13.1. The number of aryl methyl sites for hydroxylation is 1. The maximum atomic E-state index is 10.8. The lowest BCUT2D eigenvalue weighted by atomic mass is 10.2. The van der Waals surface area contributed by atoms with Crippen molar-refractivity contribution in [2.45, 2.75) is 6.92 Å². The van der Waals surface area contributed by atoms with Gasteiger partial charge in [0.15, 0.2) is 0 Å². The number of carbonyl (C=O) groups is 1. The van der Waals surface area contributed by atoms with E-state index in [0.717, 1.165) is 5.69 Å². The highest BCUT2D eigenvalue weighted by Crippen LogP contribution is 2.27. The number of nitrogens with zero attached hydrogens (tertiary/aromatic N) is 1. The molecule has 2 aromatic rings. The third-order valence-corrected chi connectivity index (χ3v) is 2.37. The Morgan fingerprint density at radius 1 is 1.33 bits per heavy atom. The highest BCUT2D eigenvalue weighted by molar-refractivity contribution is 5.89. The van der Waals surface area contributed by atoms with E-state index >= 15 is 0 Å². The molecule has 0 aliphatic heterocycles. The molecule has 0 atom stereocenters. The average molecular weight is 244 g/mol. The first-order chi connectivity index (χ1) is 8.56. The van der Waals surface area contributed by atoms with Gasteiger partial charge in [0, 0.05) is 5.69 Å². The average Bonchev–Trinajstić information content (AvgIpc) is 2.34. The van der Waals surface area contributed by atoms with Crippen molar-refractivity contribution >= 4 is 11.7 Å². The summed E-state index contributed by atoms with van der Waals surface area (Å²) >= 11 is 0. The molecular weight excluding hydrogens is 232 g/mol. The smallest absolute Gasteiger partial charge is 0.335 e. The lowest BCUT2D eigenvalue weighted by Gasteiger charge is -2.08. The van der Waals surface area contributed by atoms with E-state index in [4.69, 9.17) is 15.6 Å². The zero-order valence-corrected chi connectivity index (χ0v) is 9.75. The van der Waals surface area contributed by atoms with Crippen molar-refractivity contribution in [2.75, 3.05) is 5.73 Å². The summed E-state index contributed by atoms with van der Waals surface area (Å²) < 4.78 is 5.52. The van der Waals surface area contributed by atoms with Gasteiger partial charge in [-0.15, -0.1) is 0 Å². The van der Waals surface area contributed by atoms with Crippen LogP contribution in [0.3, 0.4) is 0 Å². The number of aromatic carboxylic acids is 1. The number of benzene rings is 1. The Balaban J connectivity index is 2.24. The Morgan fingerprint density at radius 3 is 2.67 bits per heavy atom. The van der Waals surface area contributed by atoms with E-state index in [-0.39, 0.29) is 11.3 Å². The Kier molecular flexibility index (Phi) is 3.14. The molecule has 2 rings (SSSR count). The van der Waals surface area contributed by atoms with Crippen LogP contribution in [-0.4, -0.2) is 16.1 Å². The first-order valence-corrected chi connectivity index (χ1v) is 5.29. The second-order valence-electron chi connectivity index (χ2n) is 3.80. The van der Waals surface area contributed by atoms with Crippen LogP contribution in [0.25, 0.3) is 0 Å². The first kappa shape index (κ1) is 11.9. The van der Waals surface area contributed by atoms with Crippen LogP contribution in [-0.2, 0) is 0 Å². The van der Waals surface area contributed by atoms with E-state index in [9.17, 15) is 4.79 Å². The van der Waals surface area contributed by atoms with Gasteiger partial charge in [0.1, 0.15) is 11.5 Å². The summed E-state index contributed by atoms with van der Waals surface area (Å²) in [6.07, 6.45) is 1.58. The molecule has 0 radical (unpaired) electrons. The highest BCUT2D eigenvalue weighted by Gasteiger charge is 2.07. The summed E-state index contributed by atoms with van der Waals surface area (Å²) in [5.41, 5.74) is 7.01. The minimum atomic E-state index is -1.02. The van der Waals surface area contributed by atoms with E-state index < -0.39 is 5.97 Å². The fourth-order valence-electron chi connectivity index (χ4n) is 1.42. The van der Waals surface area contributed by atoms with Crippen LogP contribution in [0.5, 0.6) is 11.5 Å². The number of hydrogen-bond donors (Lipinski definition) is 2. The quantitative estimate of drug-likeness (QED) is 0.810. The number of aromatic nitrogens is 1. The van der Waals surface area contributed by atoms with Crippen molar-refractivity contribution in [1.82, 2.24) is 4.98 Å². The number of nitrogen functional groups attached to an aromatic ring is 1. The molecule has 1 aromatic heterocycles.